The Morgan fingerprint density at radius 1 is 1.33 bits per heavy atom. The zero-order valence-electron chi connectivity index (χ0n) is 10.5. The molecule has 1 saturated heterocycles. The molecule has 18 heavy (non-hydrogen) atoms. The lowest BCUT2D eigenvalue weighted by Crippen LogP contribution is -2.42. The van der Waals surface area contributed by atoms with E-state index in [0.717, 1.165) is 24.9 Å². The number of aromatic amines is 1. The molecule has 2 heterocycles. The molecule has 1 aliphatic heterocycles. The molecular weight excluding hydrogens is 226 g/mol. The molecule has 2 aliphatic carbocycles. The molecule has 0 aromatic carbocycles. The summed E-state index contributed by atoms with van der Waals surface area (Å²) in [6.45, 7) is 1.97. The van der Waals surface area contributed by atoms with Gasteiger partial charge in [0, 0.05) is 13.1 Å². The van der Waals surface area contributed by atoms with Crippen molar-refractivity contribution in [1.82, 2.24) is 9.97 Å². The highest BCUT2D eigenvalue weighted by Gasteiger charge is 2.54. The summed E-state index contributed by atoms with van der Waals surface area (Å²) in [5.74, 6) is 2.67. The number of anilines is 1. The van der Waals surface area contributed by atoms with Crippen molar-refractivity contribution in [2.75, 3.05) is 18.0 Å². The van der Waals surface area contributed by atoms with Gasteiger partial charge in [0.1, 0.15) is 0 Å². The Hall–Kier alpha value is -1.32. The number of aromatic nitrogens is 2. The van der Waals surface area contributed by atoms with Crippen LogP contribution in [0.2, 0.25) is 0 Å². The molecule has 3 aliphatic rings. The van der Waals surface area contributed by atoms with Crippen LogP contribution in [0.5, 0.6) is 0 Å². The van der Waals surface area contributed by atoms with Gasteiger partial charge in [0.15, 0.2) is 5.82 Å². The smallest absolute Gasteiger partial charge is 0.291 e. The van der Waals surface area contributed by atoms with Crippen LogP contribution in [0.1, 0.15) is 32.1 Å². The van der Waals surface area contributed by atoms with Crippen molar-refractivity contribution in [3.63, 3.8) is 0 Å². The number of H-pyrrole nitrogens is 1. The Balaban J connectivity index is 1.49. The summed E-state index contributed by atoms with van der Waals surface area (Å²) in [7, 11) is 0. The van der Waals surface area contributed by atoms with Crippen LogP contribution in [0.25, 0.3) is 0 Å². The third kappa shape index (κ3) is 1.58. The maximum absolute atomic E-state index is 11.7. The molecule has 1 radical (unpaired) electrons. The van der Waals surface area contributed by atoms with E-state index in [-0.39, 0.29) is 5.56 Å². The van der Waals surface area contributed by atoms with Crippen LogP contribution in [-0.4, -0.2) is 23.1 Å². The van der Waals surface area contributed by atoms with E-state index in [1.165, 1.54) is 32.1 Å². The lowest BCUT2D eigenvalue weighted by molar-refractivity contribution is 0.201. The van der Waals surface area contributed by atoms with Crippen molar-refractivity contribution < 1.29 is 0 Å². The number of nitrogens with zero attached hydrogens (tertiary/aromatic N) is 2. The van der Waals surface area contributed by atoms with E-state index in [1.54, 1.807) is 6.20 Å². The van der Waals surface area contributed by atoms with Crippen molar-refractivity contribution in [3.8, 4) is 0 Å². The third-order valence-electron chi connectivity index (χ3n) is 5.22. The molecule has 4 heteroatoms. The second-order valence-electron chi connectivity index (χ2n) is 6.33. The fraction of sp³-hybridized carbons (Fsp3) is 0.714. The second-order valence-corrected chi connectivity index (χ2v) is 6.33. The van der Waals surface area contributed by atoms with E-state index in [0.29, 0.717) is 11.2 Å². The molecule has 0 amide bonds. The van der Waals surface area contributed by atoms with Gasteiger partial charge in [-0.05, 0) is 49.4 Å². The van der Waals surface area contributed by atoms with Crippen molar-refractivity contribution in [2.24, 2.45) is 17.3 Å². The number of hydrogen-bond acceptors (Lipinski definition) is 3. The van der Waals surface area contributed by atoms with Crippen LogP contribution in [0.3, 0.4) is 0 Å². The maximum atomic E-state index is 11.7. The van der Waals surface area contributed by atoms with E-state index in [9.17, 15) is 4.79 Å². The quantitative estimate of drug-likeness (QED) is 0.816. The Kier molecular flexibility index (Phi) is 2.11. The van der Waals surface area contributed by atoms with E-state index in [4.69, 9.17) is 0 Å². The summed E-state index contributed by atoms with van der Waals surface area (Å²) < 4.78 is 0. The molecule has 95 valence electrons. The van der Waals surface area contributed by atoms with Gasteiger partial charge in [-0.1, -0.05) is 0 Å². The van der Waals surface area contributed by atoms with Gasteiger partial charge in [0.2, 0.25) is 0 Å². The molecular formula is C14H18N3O. The average Bonchev–Trinajstić information content (AvgIpc) is 3.00. The molecule has 1 N–H and O–H groups in total. The zero-order chi connectivity index (χ0) is 12.2. The first-order valence-electron chi connectivity index (χ1n) is 6.96. The fourth-order valence-corrected chi connectivity index (χ4v) is 4.14. The topological polar surface area (TPSA) is 49.0 Å². The first-order chi connectivity index (χ1) is 8.76. The van der Waals surface area contributed by atoms with Gasteiger partial charge in [-0.3, -0.25) is 4.79 Å². The number of hydrogen-bond donors (Lipinski definition) is 1. The molecule has 2 saturated carbocycles. The van der Waals surface area contributed by atoms with Crippen molar-refractivity contribution in [2.45, 2.75) is 32.1 Å². The van der Waals surface area contributed by atoms with Gasteiger partial charge in [-0.25, -0.2) is 4.98 Å². The number of nitrogens with one attached hydrogen (secondary N) is 1. The molecule has 4 nitrogen and oxygen atoms in total. The number of fused-ring (bicyclic) bond motifs is 1. The first-order valence-corrected chi connectivity index (χ1v) is 6.96. The second kappa shape index (κ2) is 3.59. The van der Waals surface area contributed by atoms with Gasteiger partial charge < -0.3 is 9.88 Å². The summed E-state index contributed by atoms with van der Waals surface area (Å²) in [4.78, 5) is 20.6. The van der Waals surface area contributed by atoms with Gasteiger partial charge in [-0.15, -0.1) is 0 Å². The van der Waals surface area contributed by atoms with Crippen molar-refractivity contribution in [3.05, 3.63) is 22.7 Å². The van der Waals surface area contributed by atoms with Gasteiger partial charge in [-0.2, -0.15) is 0 Å². The largest absolute Gasteiger partial charge is 0.352 e. The lowest BCUT2D eigenvalue weighted by Gasteiger charge is -2.40. The Labute approximate surface area is 106 Å². The molecule has 4 rings (SSSR count). The molecule has 1 aromatic rings. The van der Waals surface area contributed by atoms with Crippen molar-refractivity contribution >= 4 is 5.82 Å². The van der Waals surface area contributed by atoms with E-state index >= 15 is 0 Å². The van der Waals surface area contributed by atoms with Crippen LogP contribution < -0.4 is 10.5 Å². The maximum Gasteiger partial charge on any atom is 0.291 e. The minimum absolute atomic E-state index is 0.109. The number of piperidine rings is 1. The van der Waals surface area contributed by atoms with E-state index in [1.807, 2.05) is 0 Å². The lowest BCUT2D eigenvalue weighted by atomic mass is 9.75. The molecule has 0 bridgehead atoms. The van der Waals surface area contributed by atoms with Gasteiger partial charge in [0.25, 0.3) is 5.56 Å². The first kappa shape index (κ1) is 10.6. The highest BCUT2D eigenvalue weighted by atomic mass is 16.1. The molecule has 2 atom stereocenters. The molecule has 3 fully saturated rings. The predicted molar refractivity (Wildman–Crippen MR) is 68.4 cm³/mol. The van der Waals surface area contributed by atoms with E-state index < -0.39 is 0 Å². The molecule has 1 aromatic heterocycles. The van der Waals surface area contributed by atoms with Crippen LogP contribution in [0.4, 0.5) is 5.82 Å². The monoisotopic (exact) mass is 244 g/mol. The summed E-state index contributed by atoms with van der Waals surface area (Å²) in [6, 6.07) is 0. The van der Waals surface area contributed by atoms with Crippen molar-refractivity contribution in [1.29, 1.82) is 0 Å². The summed E-state index contributed by atoms with van der Waals surface area (Å²) in [5.41, 5.74) is 0.500. The number of rotatable bonds is 1. The summed E-state index contributed by atoms with van der Waals surface area (Å²) >= 11 is 0. The van der Waals surface area contributed by atoms with E-state index in [2.05, 4.69) is 21.1 Å². The predicted octanol–water partition coefficient (Wildman–Crippen LogP) is 1.59. The van der Waals surface area contributed by atoms with Gasteiger partial charge in [0.05, 0.1) is 12.4 Å². The Bertz CT molecular complexity index is 504. The summed E-state index contributed by atoms with van der Waals surface area (Å²) in [5, 5.41) is 0. The highest BCUT2D eigenvalue weighted by molar-refractivity contribution is 5.36. The SMILES string of the molecule is O=c1[nH][c]cnc1N1CCC2(CC1)CC1CC1C2. The van der Waals surface area contributed by atoms with Gasteiger partial charge >= 0.3 is 0 Å². The van der Waals surface area contributed by atoms with Crippen LogP contribution in [0, 0.1) is 23.4 Å². The minimum atomic E-state index is -0.109. The minimum Gasteiger partial charge on any atom is -0.352 e. The fourth-order valence-electron chi connectivity index (χ4n) is 4.14. The van der Waals surface area contributed by atoms with Crippen LogP contribution >= 0.6 is 0 Å². The standard InChI is InChI=1S/C14H18N3O/c18-13-12(15-3-4-16-13)17-5-1-14(2-6-17)8-10-7-11(10)9-14/h3,10-11H,1-2,5-9H2,(H,16,18). The normalized spacial score (nSPS) is 32.6. The average molecular weight is 244 g/mol. The molecule has 1 spiro atoms. The summed E-state index contributed by atoms with van der Waals surface area (Å²) in [6.07, 6.45) is 11.0. The Morgan fingerprint density at radius 2 is 2.06 bits per heavy atom. The molecule has 2 unspecified atom stereocenters. The third-order valence-corrected chi connectivity index (χ3v) is 5.22. The Morgan fingerprint density at radius 3 is 2.72 bits per heavy atom. The highest BCUT2D eigenvalue weighted by Crippen LogP contribution is 2.63. The van der Waals surface area contributed by atoms with Crippen LogP contribution in [-0.2, 0) is 0 Å². The zero-order valence-corrected chi connectivity index (χ0v) is 10.5. The van der Waals surface area contributed by atoms with Crippen LogP contribution in [0.15, 0.2) is 11.0 Å².